The van der Waals surface area contributed by atoms with Crippen molar-refractivity contribution >= 4 is 34.2 Å². The Morgan fingerprint density at radius 1 is 1.22 bits per heavy atom. The molecule has 0 saturated carbocycles. The van der Waals surface area contributed by atoms with Crippen LogP contribution in [0.2, 0.25) is 0 Å². The molecule has 0 heterocycles. The number of carbonyl (C=O) groups is 1. The number of anilines is 1. The first kappa shape index (κ1) is 16.6. The molecule has 1 atom stereocenters. The number of nitro groups is 1. The van der Waals surface area contributed by atoms with Gasteiger partial charge in [-0.25, -0.2) is 0 Å². The van der Waals surface area contributed by atoms with E-state index in [0.29, 0.717) is 16.1 Å². The minimum atomic E-state index is -1.07. The number of nitrogens with one attached hydrogen (secondary N) is 1. The first-order chi connectivity index (χ1) is 11.0. The van der Waals surface area contributed by atoms with Crippen molar-refractivity contribution in [3.05, 3.63) is 70.3 Å². The Morgan fingerprint density at radius 2 is 1.91 bits per heavy atom. The second kappa shape index (κ2) is 7.46. The van der Waals surface area contributed by atoms with Crippen molar-refractivity contribution in [2.75, 3.05) is 11.6 Å². The summed E-state index contributed by atoms with van der Waals surface area (Å²) in [5.74, 6) is -0.359. The highest BCUT2D eigenvalue weighted by molar-refractivity contribution is 7.84. The topological polar surface area (TPSA) is 89.3 Å². The van der Waals surface area contributed by atoms with E-state index in [-0.39, 0.29) is 11.6 Å². The molecular weight excluding hydrogens is 316 g/mol. The van der Waals surface area contributed by atoms with E-state index in [9.17, 15) is 19.1 Å². The summed E-state index contributed by atoms with van der Waals surface area (Å²) in [5.41, 5.74) is 1.11. The minimum Gasteiger partial charge on any atom is -0.323 e. The van der Waals surface area contributed by atoms with Gasteiger partial charge < -0.3 is 5.32 Å². The van der Waals surface area contributed by atoms with Crippen LogP contribution in [-0.2, 0) is 15.6 Å². The molecule has 0 aliphatic rings. The standard InChI is InChI=1S/C16H14N2O4S/c1-23(22)15-8-6-13(7-9-15)17-16(19)10-5-12-3-2-4-14(11-12)18(20)21/h2-11H,1H3,(H,17,19)/b10-5+/t23-/m0/s1. The zero-order valence-corrected chi connectivity index (χ0v) is 13.1. The van der Waals surface area contributed by atoms with Crippen molar-refractivity contribution < 1.29 is 13.9 Å². The zero-order chi connectivity index (χ0) is 16.8. The van der Waals surface area contributed by atoms with Crippen LogP contribution < -0.4 is 5.32 Å². The average molecular weight is 330 g/mol. The maximum Gasteiger partial charge on any atom is 0.270 e. The number of hydrogen-bond acceptors (Lipinski definition) is 4. The number of non-ortho nitro benzene ring substituents is 1. The van der Waals surface area contributed by atoms with Gasteiger partial charge in [0.1, 0.15) is 0 Å². The first-order valence-corrected chi connectivity index (χ1v) is 8.18. The summed E-state index contributed by atoms with van der Waals surface area (Å²) in [6, 6.07) is 12.7. The number of benzene rings is 2. The fourth-order valence-electron chi connectivity index (χ4n) is 1.83. The van der Waals surface area contributed by atoms with Gasteiger partial charge in [-0.15, -0.1) is 0 Å². The third-order valence-corrected chi connectivity index (χ3v) is 3.90. The Morgan fingerprint density at radius 3 is 2.52 bits per heavy atom. The highest BCUT2D eigenvalue weighted by Crippen LogP contribution is 2.15. The Kier molecular flexibility index (Phi) is 5.37. The SMILES string of the molecule is C[S@](=O)c1ccc(NC(=O)/C=C/c2cccc([N+](=O)[O-])c2)cc1. The van der Waals surface area contributed by atoms with Crippen molar-refractivity contribution in [1.82, 2.24) is 0 Å². The monoisotopic (exact) mass is 330 g/mol. The molecule has 0 aliphatic carbocycles. The molecule has 118 valence electrons. The van der Waals surface area contributed by atoms with Crippen molar-refractivity contribution in [3.63, 3.8) is 0 Å². The van der Waals surface area contributed by atoms with Crippen LogP contribution >= 0.6 is 0 Å². The largest absolute Gasteiger partial charge is 0.323 e. The van der Waals surface area contributed by atoms with E-state index in [1.54, 1.807) is 42.7 Å². The van der Waals surface area contributed by atoms with Gasteiger partial charge >= 0.3 is 0 Å². The van der Waals surface area contributed by atoms with Crippen LogP contribution in [0.5, 0.6) is 0 Å². The molecule has 0 aromatic heterocycles. The smallest absolute Gasteiger partial charge is 0.270 e. The molecule has 0 unspecified atom stereocenters. The zero-order valence-electron chi connectivity index (χ0n) is 12.3. The van der Waals surface area contributed by atoms with E-state index in [4.69, 9.17) is 0 Å². The Bertz CT molecular complexity index is 785. The van der Waals surface area contributed by atoms with Gasteiger partial charge in [0, 0.05) is 45.8 Å². The molecule has 0 aliphatic heterocycles. The molecule has 0 spiro atoms. The van der Waals surface area contributed by atoms with E-state index in [0.717, 1.165) is 0 Å². The van der Waals surface area contributed by atoms with E-state index < -0.39 is 15.7 Å². The van der Waals surface area contributed by atoms with Crippen LogP contribution in [0.3, 0.4) is 0 Å². The normalized spacial score (nSPS) is 12.0. The predicted octanol–water partition coefficient (Wildman–Crippen LogP) is 2.98. The molecule has 1 N–H and O–H groups in total. The maximum absolute atomic E-state index is 11.8. The van der Waals surface area contributed by atoms with Gasteiger partial charge in [-0.1, -0.05) is 12.1 Å². The Labute approximate surface area is 135 Å². The lowest BCUT2D eigenvalue weighted by Gasteiger charge is -2.03. The van der Waals surface area contributed by atoms with Gasteiger partial charge in [0.2, 0.25) is 5.91 Å². The number of nitrogens with zero attached hydrogens (tertiary/aromatic N) is 1. The quantitative estimate of drug-likeness (QED) is 0.518. The lowest BCUT2D eigenvalue weighted by molar-refractivity contribution is -0.384. The molecular formula is C16H14N2O4S. The molecule has 2 aromatic rings. The summed E-state index contributed by atoms with van der Waals surface area (Å²) in [6.45, 7) is 0. The second-order valence-electron chi connectivity index (χ2n) is 4.65. The minimum absolute atomic E-state index is 0.0317. The number of nitro benzene ring substituents is 1. The van der Waals surface area contributed by atoms with Crippen LogP contribution in [0.1, 0.15) is 5.56 Å². The fourth-order valence-corrected chi connectivity index (χ4v) is 2.35. The number of hydrogen-bond donors (Lipinski definition) is 1. The van der Waals surface area contributed by atoms with Crippen molar-refractivity contribution in [2.45, 2.75) is 4.90 Å². The van der Waals surface area contributed by atoms with Crippen LogP contribution in [0.25, 0.3) is 6.08 Å². The molecule has 7 heteroatoms. The van der Waals surface area contributed by atoms with E-state index in [1.165, 1.54) is 24.3 Å². The van der Waals surface area contributed by atoms with E-state index in [1.807, 2.05) is 0 Å². The van der Waals surface area contributed by atoms with Crippen molar-refractivity contribution in [3.8, 4) is 0 Å². The summed E-state index contributed by atoms with van der Waals surface area (Å²) < 4.78 is 11.3. The summed E-state index contributed by atoms with van der Waals surface area (Å²) in [7, 11) is -1.07. The third-order valence-electron chi connectivity index (χ3n) is 2.96. The van der Waals surface area contributed by atoms with Crippen LogP contribution in [0.4, 0.5) is 11.4 Å². The lowest BCUT2D eigenvalue weighted by Crippen LogP contribution is -2.07. The van der Waals surface area contributed by atoms with Gasteiger partial charge in [-0.2, -0.15) is 0 Å². The summed E-state index contributed by atoms with van der Waals surface area (Å²) in [6.07, 6.45) is 4.37. The van der Waals surface area contributed by atoms with Crippen LogP contribution in [-0.4, -0.2) is 21.3 Å². The molecule has 23 heavy (non-hydrogen) atoms. The maximum atomic E-state index is 11.8. The number of carbonyl (C=O) groups excluding carboxylic acids is 1. The molecule has 2 aromatic carbocycles. The summed E-state index contributed by atoms with van der Waals surface area (Å²) >= 11 is 0. The second-order valence-corrected chi connectivity index (χ2v) is 6.03. The number of amides is 1. The molecule has 0 radical (unpaired) electrons. The molecule has 6 nitrogen and oxygen atoms in total. The first-order valence-electron chi connectivity index (χ1n) is 6.63. The van der Waals surface area contributed by atoms with Crippen molar-refractivity contribution in [2.24, 2.45) is 0 Å². The van der Waals surface area contributed by atoms with E-state index in [2.05, 4.69) is 5.32 Å². The number of rotatable bonds is 5. The van der Waals surface area contributed by atoms with Crippen LogP contribution in [0.15, 0.2) is 59.5 Å². The van der Waals surface area contributed by atoms with Gasteiger partial charge in [0.15, 0.2) is 0 Å². The van der Waals surface area contributed by atoms with Crippen molar-refractivity contribution in [1.29, 1.82) is 0 Å². The predicted molar refractivity (Wildman–Crippen MR) is 89.5 cm³/mol. The van der Waals surface area contributed by atoms with Gasteiger partial charge in [-0.05, 0) is 35.9 Å². The third kappa shape index (κ3) is 4.86. The Hall–Kier alpha value is -2.80. The Balaban J connectivity index is 2.02. The van der Waals surface area contributed by atoms with Crippen LogP contribution in [0, 0.1) is 10.1 Å². The average Bonchev–Trinajstić information content (AvgIpc) is 2.53. The van der Waals surface area contributed by atoms with Gasteiger partial charge in [0.25, 0.3) is 5.69 Å². The van der Waals surface area contributed by atoms with Gasteiger partial charge in [-0.3, -0.25) is 19.1 Å². The fraction of sp³-hybridized carbons (Fsp3) is 0.0625. The lowest BCUT2D eigenvalue weighted by atomic mass is 10.2. The molecule has 0 bridgehead atoms. The molecule has 1 amide bonds. The molecule has 0 fully saturated rings. The summed E-state index contributed by atoms with van der Waals surface area (Å²) in [5, 5.41) is 13.3. The highest BCUT2D eigenvalue weighted by Gasteiger charge is 2.04. The molecule has 0 saturated heterocycles. The highest BCUT2D eigenvalue weighted by atomic mass is 32.2. The molecule has 2 rings (SSSR count). The van der Waals surface area contributed by atoms with E-state index >= 15 is 0 Å². The van der Waals surface area contributed by atoms with Gasteiger partial charge in [0.05, 0.1) is 4.92 Å². The summed E-state index contributed by atoms with van der Waals surface area (Å²) in [4.78, 5) is 22.7.